The van der Waals surface area contributed by atoms with Crippen LogP contribution in [0.3, 0.4) is 0 Å². The fraction of sp³-hybridized carbons (Fsp3) is 0.0690. The molecule has 0 spiro atoms. The van der Waals surface area contributed by atoms with Crippen molar-refractivity contribution in [2.45, 2.75) is 13.8 Å². The Labute approximate surface area is 179 Å². The maximum absolute atomic E-state index is 5.03. The Morgan fingerprint density at radius 1 is 0.613 bits per heavy atom. The van der Waals surface area contributed by atoms with Crippen LogP contribution in [0.4, 0.5) is 0 Å². The highest BCUT2D eigenvalue weighted by Crippen LogP contribution is 2.41. The summed E-state index contributed by atoms with van der Waals surface area (Å²) in [6.45, 7) is 4.31. The van der Waals surface area contributed by atoms with Crippen LogP contribution in [0.5, 0.6) is 0 Å². The molecule has 4 aromatic carbocycles. The first-order valence-corrected chi connectivity index (χ1v) is 10.7. The van der Waals surface area contributed by atoms with Crippen molar-refractivity contribution in [3.05, 3.63) is 96.2 Å². The first-order chi connectivity index (χ1) is 15.2. The van der Waals surface area contributed by atoms with E-state index in [1.807, 2.05) is 0 Å². The molecule has 0 aliphatic heterocycles. The van der Waals surface area contributed by atoms with Crippen LogP contribution in [0.15, 0.2) is 85.1 Å². The molecule has 0 atom stereocenters. The van der Waals surface area contributed by atoms with Crippen molar-refractivity contribution in [1.29, 1.82) is 0 Å². The van der Waals surface area contributed by atoms with Crippen LogP contribution in [-0.2, 0) is 0 Å². The summed E-state index contributed by atoms with van der Waals surface area (Å²) in [5.41, 5.74) is 8.46. The lowest BCUT2D eigenvalue weighted by molar-refractivity contribution is 1.29. The van der Waals surface area contributed by atoms with Gasteiger partial charge < -0.3 is 4.40 Å². The number of hydrogen-bond donors (Lipinski definition) is 0. The summed E-state index contributed by atoms with van der Waals surface area (Å²) in [6.07, 6.45) is 2.07. The minimum atomic E-state index is 1.06. The second-order valence-electron chi connectivity index (χ2n) is 8.65. The summed E-state index contributed by atoms with van der Waals surface area (Å²) < 4.78 is 2.41. The van der Waals surface area contributed by atoms with Crippen LogP contribution in [-0.4, -0.2) is 9.38 Å². The molecule has 0 fully saturated rings. The van der Waals surface area contributed by atoms with Crippen LogP contribution in [0.1, 0.15) is 11.1 Å². The maximum atomic E-state index is 5.03. The standard InChI is InChI=1S/C29H20N2/c1-17-13-18(2)15-19(14-17)28-24-11-5-8-21-23-10-6-9-22-20-7-3-4-12-25(20)31(29(22)23)26(16-30-28)27(21)24/h3-16H,1-2H3. The number of aromatic nitrogens is 2. The van der Waals surface area contributed by atoms with Crippen molar-refractivity contribution in [3.63, 3.8) is 0 Å². The van der Waals surface area contributed by atoms with Gasteiger partial charge in [0.1, 0.15) is 0 Å². The second-order valence-corrected chi connectivity index (χ2v) is 8.65. The molecule has 2 heteroatoms. The van der Waals surface area contributed by atoms with Crippen molar-refractivity contribution >= 4 is 48.9 Å². The maximum Gasteiger partial charge on any atom is 0.0782 e. The molecule has 0 saturated heterocycles. The van der Waals surface area contributed by atoms with E-state index < -0.39 is 0 Å². The molecular formula is C29H20N2. The molecule has 0 bridgehead atoms. The van der Waals surface area contributed by atoms with Gasteiger partial charge in [-0.1, -0.05) is 71.8 Å². The molecule has 0 aliphatic rings. The summed E-state index contributed by atoms with van der Waals surface area (Å²) in [5.74, 6) is 0. The van der Waals surface area contributed by atoms with E-state index in [1.165, 1.54) is 65.6 Å². The number of pyridine rings is 2. The molecular weight excluding hydrogens is 376 g/mol. The Kier molecular flexibility index (Phi) is 3.17. The van der Waals surface area contributed by atoms with Gasteiger partial charge >= 0.3 is 0 Å². The predicted octanol–water partition coefficient (Wildman–Crippen LogP) is 7.67. The van der Waals surface area contributed by atoms with Gasteiger partial charge in [-0.15, -0.1) is 0 Å². The number of aryl methyl sites for hydroxylation is 2. The Bertz CT molecular complexity index is 1780. The molecule has 31 heavy (non-hydrogen) atoms. The quantitative estimate of drug-likeness (QED) is 0.206. The highest BCUT2D eigenvalue weighted by atomic mass is 14.9. The fourth-order valence-electron chi connectivity index (χ4n) is 5.51. The van der Waals surface area contributed by atoms with E-state index in [9.17, 15) is 0 Å². The van der Waals surface area contributed by atoms with E-state index in [0.29, 0.717) is 0 Å². The summed E-state index contributed by atoms with van der Waals surface area (Å²) in [7, 11) is 0. The first kappa shape index (κ1) is 16.8. The molecule has 0 saturated carbocycles. The largest absolute Gasteiger partial charge is 0.306 e. The molecule has 0 unspecified atom stereocenters. The Hall–Kier alpha value is -3.91. The minimum absolute atomic E-state index is 1.06. The highest BCUT2D eigenvalue weighted by Gasteiger charge is 2.19. The lowest BCUT2D eigenvalue weighted by atomic mass is 9.96. The van der Waals surface area contributed by atoms with Gasteiger partial charge in [0, 0.05) is 32.5 Å². The number of para-hydroxylation sites is 2. The molecule has 3 aromatic heterocycles. The third-order valence-electron chi connectivity index (χ3n) is 6.61. The van der Waals surface area contributed by atoms with Gasteiger partial charge in [0.15, 0.2) is 0 Å². The number of hydrogen-bond acceptors (Lipinski definition) is 1. The number of rotatable bonds is 1. The van der Waals surface area contributed by atoms with Crippen molar-refractivity contribution in [1.82, 2.24) is 9.38 Å². The second kappa shape index (κ2) is 5.83. The average molecular weight is 396 g/mol. The molecule has 7 aromatic rings. The molecule has 146 valence electrons. The van der Waals surface area contributed by atoms with Gasteiger partial charge in [-0.2, -0.15) is 0 Å². The number of benzene rings is 4. The van der Waals surface area contributed by atoms with Crippen molar-refractivity contribution in [3.8, 4) is 11.3 Å². The van der Waals surface area contributed by atoms with Gasteiger partial charge in [-0.05, 0) is 37.4 Å². The van der Waals surface area contributed by atoms with Crippen molar-refractivity contribution in [2.75, 3.05) is 0 Å². The molecule has 7 rings (SSSR count). The highest BCUT2D eigenvalue weighted by molar-refractivity contribution is 6.27. The van der Waals surface area contributed by atoms with E-state index in [2.05, 4.69) is 103 Å². The molecule has 0 aliphatic carbocycles. The van der Waals surface area contributed by atoms with Crippen molar-refractivity contribution in [2.24, 2.45) is 0 Å². The smallest absolute Gasteiger partial charge is 0.0782 e. The third kappa shape index (κ3) is 2.14. The van der Waals surface area contributed by atoms with Crippen molar-refractivity contribution < 1.29 is 0 Å². The van der Waals surface area contributed by atoms with E-state index >= 15 is 0 Å². The number of fused-ring (bicyclic) bond motifs is 5. The van der Waals surface area contributed by atoms with Gasteiger partial charge in [0.05, 0.1) is 28.4 Å². The van der Waals surface area contributed by atoms with Gasteiger partial charge in [0.2, 0.25) is 0 Å². The Morgan fingerprint density at radius 2 is 1.26 bits per heavy atom. The monoisotopic (exact) mass is 396 g/mol. The summed E-state index contributed by atoms with van der Waals surface area (Å²) in [6, 6.07) is 28.7. The zero-order valence-electron chi connectivity index (χ0n) is 17.5. The van der Waals surface area contributed by atoms with E-state index in [0.717, 1.165) is 5.69 Å². The van der Waals surface area contributed by atoms with E-state index in [-0.39, 0.29) is 0 Å². The lowest BCUT2D eigenvalue weighted by Gasteiger charge is -2.15. The fourth-order valence-corrected chi connectivity index (χ4v) is 5.51. The average Bonchev–Trinajstić information content (AvgIpc) is 3.12. The van der Waals surface area contributed by atoms with Gasteiger partial charge in [-0.3, -0.25) is 4.98 Å². The number of nitrogens with zero attached hydrogens (tertiary/aromatic N) is 2. The van der Waals surface area contributed by atoms with Crippen LogP contribution < -0.4 is 0 Å². The predicted molar refractivity (Wildman–Crippen MR) is 131 cm³/mol. The van der Waals surface area contributed by atoms with E-state index in [4.69, 9.17) is 4.98 Å². The normalized spacial score (nSPS) is 12.2. The summed E-state index contributed by atoms with van der Waals surface area (Å²) >= 11 is 0. The molecule has 0 amide bonds. The zero-order chi connectivity index (χ0) is 20.7. The molecule has 2 nitrogen and oxygen atoms in total. The first-order valence-electron chi connectivity index (χ1n) is 10.7. The summed E-state index contributed by atoms with van der Waals surface area (Å²) in [4.78, 5) is 5.03. The van der Waals surface area contributed by atoms with Crippen LogP contribution in [0.25, 0.3) is 60.1 Å². The minimum Gasteiger partial charge on any atom is -0.306 e. The SMILES string of the molecule is Cc1cc(C)cc(-c2ncc3c4c2cccc4c2cccc4c5ccccc5n3c24)c1. The van der Waals surface area contributed by atoms with Crippen LogP contribution in [0, 0.1) is 13.8 Å². The molecule has 3 heterocycles. The third-order valence-corrected chi connectivity index (χ3v) is 6.61. The Morgan fingerprint density at radius 3 is 2.06 bits per heavy atom. The summed E-state index contributed by atoms with van der Waals surface area (Å²) in [5, 5.41) is 7.67. The topological polar surface area (TPSA) is 17.3 Å². The van der Waals surface area contributed by atoms with Crippen LogP contribution in [0.2, 0.25) is 0 Å². The molecule has 0 N–H and O–H groups in total. The van der Waals surface area contributed by atoms with Gasteiger partial charge in [-0.25, -0.2) is 0 Å². The Balaban J connectivity index is 1.76. The van der Waals surface area contributed by atoms with Gasteiger partial charge in [0.25, 0.3) is 0 Å². The molecule has 0 radical (unpaired) electrons. The zero-order valence-corrected chi connectivity index (χ0v) is 17.5. The van der Waals surface area contributed by atoms with Crippen LogP contribution >= 0.6 is 0 Å². The van der Waals surface area contributed by atoms with E-state index in [1.54, 1.807) is 0 Å². The lowest BCUT2D eigenvalue weighted by Crippen LogP contribution is -1.96.